The molecular weight excluding hydrogens is 238 g/mol. The molecule has 0 radical (unpaired) electrons. The van der Waals surface area contributed by atoms with Crippen molar-refractivity contribution >= 4 is 9.84 Å². The summed E-state index contributed by atoms with van der Waals surface area (Å²) >= 11 is 0. The van der Waals surface area contributed by atoms with Gasteiger partial charge in [0.15, 0.2) is 9.84 Å². The number of sulfone groups is 1. The van der Waals surface area contributed by atoms with Gasteiger partial charge in [0, 0.05) is 6.54 Å². The van der Waals surface area contributed by atoms with Crippen LogP contribution >= 0.6 is 0 Å². The van der Waals surface area contributed by atoms with E-state index < -0.39 is 15.9 Å². The molecule has 1 aromatic carbocycles. The Labute approximate surface area is 103 Å². The van der Waals surface area contributed by atoms with E-state index >= 15 is 0 Å². The number of nitrogens with one attached hydrogen (secondary N) is 1. The number of rotatable bonds is 6. The van der Waals surface area contributed by atoms with Crippen molar-refractivity contribution in [3.63, 3.8) is 0 Å². The van der Waals surface area contributed by atoms with E-state index in [2.05, 4.69) is 5.32 Å². The molecule has 0 bridgehead atoms. The van der Waals surface area contributed by atoms with Gasteiger partial charge in [-0.15, -0.1) is 0 Å². The van der Waals surface area contributed by atoms with Gasteiger partial charge in [-0.2, -0.15) is 0 Å². The van der Waals surface area contributed by atoms with Crippen molar-refractivity contribution in [2.45, 2.75) is 24.8 Å². The molecule has 0 aliphatic carbocycles. The van der Waals surface area contributed by atoms with Crippen LogP contribution in [0.5, 0.6) is 0 Å². The first-order valence-corrected chi connectivity index (χ1v) is 7.29. The maximum Gasteiger partial charge on any atom is 0.180 e. The quantitative estimate of drug-likeness (QED) is 0.789. The van der Waals surface area contributed by atoms with Crippen LogP contribution in [0.25, 0.3) is 0 Å². The zero-order valence-electron chi connectivity index (χ0n) is 10.2. The van der Waals surface area contributed by atoms with Crippen molar-refractivity contribution in [2.75, 3.05) is 18.8 Å². The summed E-state index contributed by atoms with van der Waals surface area (Å²) in [6, 6.07) is 6.73. The van der Waals surface area contributed by atoms with E-state index in [9.17, 15) is 13.5 Å². The molecule has 2 N–H and O–H groups in total. The monoisotopic (exact) mass is 257 g/mol. The highest BCUT2D eigenvalue weighted by molar-refractivity contribution is 7.91. The minimum atomic E-state index is -3.40. The van der Waals surface area contributed by atoms with Crippen LogP contribution in [-0.4, -0.2) is 38.5 Å². The van der Waals surface area contributed by atoms with E-state index in [1.807, 2.05) is 19.9 Å². The molecule has 5 heteroatoms. The molecule has 1 rings (SSSR count). The number of hydrogen-bond acceptors (Lipinski definition) is 4. The summed E-state index contributed by atoms with van der Waals surface area (Å²) in [6.45, 7) is 4.75. The van der Waals surface area contributed by atoms with Crippen LogP contribution in [0, 0.1) is 6.92 Å². The first-order valence-electron chi connectivity index (χ1n) is 5.64. The van der Waals surface area contributed by atoms with Gasteiger partial charge in [-0.3, -0.25) is 0 Å². The highest BCUT2D eigenvalue weighted by Gasteiger charge is 2.19. The van der Waals surface area contributed by atoms with Crippen LogP contribution in [-0.2, 0) is 9.84 Å². The third-order valence-corrected chi connectivity index (χ3v) is 4.19. The Morgan fingerprint density at radius 2 is 2.12 bits per heavy atom. The Hall–Kier alpha value is -0.910. The number of aliphatic hydroxyl groups is 1. The fraction of sp³-hybridized carbons (Fsp3) is 0.500. The Kier molecular flexibility index (Phi) is 5.11. The second-order valence-electron chi connectivity index (χ2n) is 4.06. The molecule has 0 aromatic heterocycles. The Bertz CT molecular complexity index is 457. The van der Waals surface area contributed by atoms with Crippen LogP contribution in [0.1, 0.15) is 12.5 Å². The normalized spacial score (nSPS) is 13.6. The molecule has 0 aliphatic rings. The predicted molar refractivity (Wildman–Crippen MR) is 67.8 cm³/mol. The smallest absolute Gasteiger partial charge is 0.180 e. The first kappa shape index (κ1) is 14.2. The Morgan fingerprint density at radius 3 is 2.71 bits per heavy atom. The van der Waals surface area contributed by atoms with Crippen molar-refractivity contribution in [3.8, 4) is 0 Å². The van der Waals surface area contributed by atoms with Gasteiger partial charge in [-0.05, 0) is 31.2 Å². The molecular formula is C12H19NO3S. The highest BCUT2D eigenvalue weighted by Crippen LogP contribution is 2.13. The fourth-order valence-corrected chi connectivity index (χ4v) is 3.00. The lowest BCUT2D eigenvalue weighted by molar-refractivity contribution is 0.194. The lowest BCUT2D eigenvalue weighted by Crippen LogP contribution is -2.32. The number of likely N-dealkylation sites (N-methyl/N-ethyl adjacent to an activating group) is 1. The van der Waals surface area contributed by atoms with Crippen molar-refractivity contribution < 1.29 is 13.5 Å². The standard InChI is InChI=1S/C12H19NO3S/c1-3-13-8-11(14)9-17(15,16)12-6-4-5-10(2)7-12/h4-7,11,13-14H,3,8-9H2,1-2H3. The van der Waals surface area contributed by atoms with Crippen molar-refractivity contribution in [3.05, 3.63) is 29.8 Å². The molecule has 17 heavy (non-hydrogen) atoms. The van der Waals surface area contributed by atoms with Crippen molar-refractivity contribution in [1.82, 2.24) is 5.32 Å². The second-order valence-corrected chi connectivity index (χ2v) is 6.09. The minimum absolute atomic E-state index is 0.247. The topological polar surface area (TPSA) is 66.4 Å². The van der Waals surface area contributed by atoms with Gasteiger partial charge < -0.3 is 10.4 Å². The Morgan fingerprint density at radius 1 is 1.41 bits per heavy atom. The largest absolute Gasteiger partial charge is 0.391 e. The van der Waals surface area contributed by atoms with E-state index in [1.165, 1.54) is 0 Å². The summed E-state index contributed by atoms with van der Waals surface area (Å²) in [5, 5.41) is 12.5. The molecule has 0 aliphatic heterocycles. The highest BCUT2D eigenvalue weighted by atomic mass is 32.2. The molecule has 96 valence electrons. The zero-order chi connectivity index (χ0) is 12.9. The minimum Gasteiger partial charge on any atom is -0.391 e. The summed E-state index contributed by atoms with van der Waals surface area (Å²) in [7, 11) is -3.40. The first-order chi connectivity index (χ1) is 7.95. The summed E-state index contributed by atoms with van der Waals surface area (Å²) in [4.78, 5) is 0.271. The second kappa shape index (κ2) is 6.14. The lowest BCUT2D eigenvalue weighted by Gasteiger charge is -2.11. The summed E-state index contributed by atoms with van der Waals surface area (Å²) in [5.41, 5.74) is 0.896. The van der Waals surface area contributed by atoms with Gasteiger partial charge in [-0.25, -0.2) is 8.42 Å². The maximum absolute atomic E-state index is 12.0. The number of aliphatic hydroxyl groups excluding tert-OH is 1. The van der Waals surface area contributed by atoms with Gasteiger partial charge in [0.05, 0.1) is 16.8 Å². The molecule has 0 saturated heterocycles. The van der Waals surface area contributed by atoms with E-state index in [1.54, 1.807) is 18.2 Å². The SMILES string of the molecule is CCNCC(O)CS(=O)(=O)c1cccc(C)c1. The maximum atomic E-state index is 12.0. The van der Waals surface area contributed by atoms with Gasteiger partial charge in [-0.1, -0.05) is 19.1 Å². The van der Waals surface area contributed by atoms with Crippen LogP contribution < -0.4 is 5.32 Å². The van der Waals surface area contributed by atoms with E-state index in [0.29, 0.717) is 13.1 Å². The molecule has 1 unspecified atom stereocenters. The molecule has 1 atom stereocenters. The third-order valence-electron chi connectivity index (χ3n) is 2.39. The molecule has 0 heterocycles. The summed E-state index contributed by atoms with van der Waals surface area (Å²) in [6.07, 6.45) is -0.875. The number of aryl methyl sites for hydroxylation is 1. The number of benzene rings is 1. The van der Waals surface area contributed by atoms with Gasteiger partial charge in [0.2, 0.25) is 0 Å². The lowest BCUT2D eigenvalue weighted by atomic mass is 10.2. The third kappa shape index (κ3) is 4.46. The van der Waals surface area contributed by atoms with E-state index in [0.717, 1.165) is 5.56 Å². The van der Waals surface area contributed by atoms with Crippen molar-refractivity contribution in [1.29, 1.82) is 0 Å². The van der Waals surface area contributed by atoms with E-state index in [-0.39, 0.29) is 10.6 Å². The Balaban J connectivity index is 2.75. The van der Waals surface area contributed by atoms with Gasteiger partial charge in [0.1, 0.15) is 0 Å². The molecule has 1 aromatic rings. The van der Waals surface area contributed by atoms with E-state index in [4.69, 9.17) is 0 Å². The molecule has 0 amide bonds. The van der Waals surface area contributed by atoms with Gasteiger partial charge >= 0.3 is 0 Å². The summed E-state index contributed by atoms with van der Waals surface area (Å²) in [5.74, 6) is -0.247. The molecule has 0 spiro atoms. The van der Waals surface area contributed by atoms with Crippen LogP contribution in [0.4, 0.5) is 0 Å². The summed E-state index contributed by atoms with van der Waals surface area (Å²) < 4.78 is 23.9. The molecule has 4 nitrogen and oxygen atoms in total. The zero-order valence-corrected chi connectivity index (χ0v) is 11.0. The van der Waals surface area contributed by atoms with Crippen LogP contribution in [0.15, 0.2) is 29.2 Å². The van der Waals surface area contributed by atoms with Crippen molar-refractivity contribution in [2.24, 2.45) is 0 Å². The number of hydrogen-bond donors (Lipinski definition) is 2. The predicted octanol–water partition coefficient (Wildman–Crippen LogP) is 0.739. The molecule has 0 fully saturated rings. The molecule has 0 saturated carbocycles. The van der Waals surface area contributed by atoms with Crippen LogP contribution in [0.2, 0.25) is 0 Å². The average molecular weight is 257 g/mol. The van der Waals surface area contributed by atoms with Gasteiger partial charge in [0.25, 0.3) is 0 Å². The fourth-order valence-electron chi connectivity index (χ4n) is 1.53. The average Bonchev–Trinajstić information content (AvgIpc) is 2.26. The van der Waals surface area contributed by atoms with Crippen LogP contribution in [0.3, 0.4) is 0 Å².